The summed E-state index contributed by atoms with van der Waals surface area (Å²) in [5.41, 5.74) is 18.0. The highest BCUT2D eigenvalue weighted by molar-refractivity contribution is 7.26. The predicted molar refractivity (Wildman–Crippen MR) is 287 cm³/mol. The normalized spacial score (nSPS) is 12.6. The van der Waals surface area contributed by atoms with Crippen LogP contribution in [-0.4, -0.2) is 11.8 Å². The third kappa shape index (κ3) is 5.68. The standard InChI is InChI=1S/C60H41BN2OS2/c1-60(2,3)36-22-24-37(25-23-36)62-48-33-55-45(39-19-11-13-21-53(39)65-55)28-42(48)40-26-27-41-43-31-52-44(38-18-10-12-20-51(38)64-52)29-49(43)63-50-30-46-54(32-47(50)61-57(40)58(41)63)66-59(35-16-8-5-9-17-35)56(46)34-14-6-4-7-15-34/h4-33,61-62H,1-3H3. The van der Waals surface area contributed by atoms with E-state index < -0.39 is 0 Å². The molecule has 6 heteroatoms. The van der Waals surface area contributed by atoms with Crippen molar-refractivity contribution >= 4 is 126 Å². The van der Waals surface area contributed by atoms with Crippen molar-refractivity contribution in [3.63, 3.8) is 0 Å². The highest BCUT2D eigenvalue weighted by Gasteiger charge is 2.30. The zero-order valence-corrected chi connectivity index (χ0v) is 38.3. The van der Waals surface area contributed by atoms with Crippen molar-refractivity contribution in [2.75, 3.05) is 5.32 Å². The first-order chi connectivity index (χ1) is 32.3. The van der Waals surface area contributed by atoms with Crippen LogP contribution in [-0.2, 0) is 5.41 Å². The molecular formula is C60H41BN2OS2. The van der Waals surface area contributed by atoms with E-state index in [1.54, 1.807) is 0 Å². The van der Waals surface area contributed by atoms with Gasteiger partial charge in [-0.1, -0.05) is 148 Å². The lowest BCUT2D eigenvalue weighted by Crippen LogP contribution is -2.37. The van der Waals surface area contributed by atoms with E-state index in [2.05, 4.69) is 213 Å². The first-order valence-electron chi connectivity index (χ1n) is 22.8. The molecular weight excluding hydrogens is 840 g/mol. The van der Waals surface area contributed by atoms with E-state index in [1.807, 2.05) is 22.7 Å². The summed E-state index contributed by atoms with van der Waals surface area (Å²) in [6, 6.07) is 67.5. The number of nitrogens with one attached hydrogen (secondary N) is 1. The zero-order chi connectivity index (χ0) is 43.8. The fraction of sp³-hybridized carbons (Fsp3) is 0.0667. The van der Waals surface area contributed by atoms with Gasteiger partial charge in [-0.15, -0.1) is 22.7 Å². The molecule has 0 aliphatic carbocycles. The SMILES string of the molecule is CC(C)(C)c1ccc(Nc2cc3sc4ccccc4c3cc2-c2ccc3c4cc5oc6ccccc6c5cc4n4c3c2Bc2cc3sc(-c5ccccc5)c(-c5ccccc5)c3cc2-4)cc1. The number of fused-ring (bicyclic) bond motifs is 12. The first-order valence-corrected chi connectivity index (χ1v) is 24.4. The maximum Gasteiger partial charge on any atom is 0.198 e. The van der Waals surface area contributed by atoms with Crippen molar-refractivity contribution in [1.82, 2.24) is 4.57 Å². The minimum Gasteiger partial charge on any atom is -0.456 e. The number of nitrogens with zero attached hydrogens (tertiary/aromatic N) is 1. The summed E-state index contributed by atoms with van der Waals surface area (Å²) >= 11 is 3.78. The second kappa shape index (κ2) is 14.1. The summed E-state index contributed by atoms with van der Waals surface area (Å²) < 4.78 is 13.1. The van der Waals surface area contributed by atoms with Crippen molar-refractivity contribution in [2.45, 2.75) is 26.2 Å². The van der Waals surface area contributed by atoms with Gasteiger partial charge in [0.1, 0.15) is 11.2 Å². The van der Waals surface area contributed by atoms with Crippen molar-refractivity contribution in [3.8, 4) is 38.4 Å². The molecule has 5 heterocycles. The van der Waals surface area contributed by atoms with Gasteiger partial charge in [-0.3, -0.25) is 0 Å². The number of hydrogen-bond acceptors (Lipinski definition) is 4. The molecule has 0 amide bonds. The number of para-hydroxylation sites is 1. The number of anilines is 2. The van der Waals surface area contributed by atoms with Gasteiger partial charge in [0.05, 0.1) is 5.52 Å². The van der Waals surface area contributed by atoms with Crippen molar-refractivity contribution in [3.05, 3.63) is 188 Å². The van der Waals surface area contributed by atoms with Gasteiger partial charge in [0.25, 0.3) is 0 Å². The largest absolute Gasteiger partial charge is 0.456 e. The van der Waals surface area contributed by atoms with E-state index in [4.69, 9.17) is 4.42 Å². The van der Waals surface area contributed by atoms with E-state index in [1.165, 1.54) is 107 Å². The Labute approximate surface area is 390 Å². The Morgan fingerprint density at radius 2 is 1.24 bits per heavy atom. The molecule has 0 atom stereocenters. The third-order valence-corrected chi connectivity index (χ3v) is 16.3. The van der Waals surface area contributed by atoms with Gasteiger partial charge in [0.15, 0.2) is 7.28 Å². The Morgan fingerprint density at radius 3 is 2.05 bits per heavy atom. The maximum absolute atomic E-state index is 6.58. The number of hydrogen-bond donors (Lipinski definition) is 1. The molecule has 0 radical (unpaired) electrons. The highest BCUT2D eigenvalue weighted by atomic mass is 32.1. The summed E-state index contributed by atoms with van der Waals surface area (Å²) in [5, 5.41) is 12.5. The van der Waals surface area contributed by atoms with Crippen LogP contribution in [0.4, 0.5) is 11.4 Å². The lowest BCUT2D eigenvalue weighted by molar-refractivity contribution is 0.590. The Balaban J connectivity index is 1.07. The molecule has 0 fully saturated rings. The molecule has 1 N–H and O–H groups in total. The van der Waals surface area contributed by atoms with Crippen LogP contribution in [0, 0.1) is 0 Å². The second-order valence-electron chi connectivity index (χ2n) is 18.9. The molecule has 0 spiro atoms. The molecule has 1 aliphatic heterocycles. The molecule has 0 bridgehead atoms. The average molecular weight is 881 g/mol. The van der Waals surface area contributed by atoms with E-state index >= 15 is 0 Å². The van der Waals surface area contributed by atoms with Gasteiger partial charge in [0.2, 0.25) is 0 Å². The predicted octanol–water partition coefficient (Wildman–Crippen LogP) is 16.0. The van der Waals surface area contributed by atoms with E-state index in [9.17, 15) is 0 Å². The zero-order valence-electron chi connectivity index (χ0n) is 36.7. The molecule has 4 aromatic heterocycles. The monoisotopic (exact) mass is 880 g/mol. The Kier molecular flexibility index (Phi) is 8.09. The van der Waals surface area contributed by atoms with Gasteiger partial charge < -0.3 is 14.3 Å². The lowest BCUT2D eigenvalue weighted by Gasteiger charge is -2.24. The van der Waals surface area contributed by atoms with Crippen LogP contribution in [0.5, 0.6) is 0 Å². The Morgan fingerprint density at radius 1 is 0.515 bits per heavy atom. The van der Waals surface area contributed by atoms with Crippen molar-refractivity contribution in [1.29, 1.82) is 0 Å². The number of aromatic nitrogens is 1. The number of thiophene rings is 2. The van der Waals surface area contributed by atoms with Gasteiger partial charge in [0, 0.05) is 90.4 Å². The maximum atomic E-state index is 6.58. The number of furan rings is 1. The summed E-state index contributed by atoms with van der Waals surface area (Å²) in [6.07, 6.45) is 0. The fourth-order valence-electron chi connectivity index (χ4n) is 10.8. The van der Waals surface area contributed by atoms with Crippen LogP contribution >= 0.6 is 22.7 Å². The van der Waals surface area contributed by atoms with Crippen LogP contribution in [0.2, 0.25) is 0 Å². The Hall–Kier alpha value is -7.38. The smallest absolute Gasteiger partial charge is 0.198 e. The van der Waals surface area contributed by atoms with E-state index in [0.717, 1.165) is 40.6 Å². The topological polar surface area (TPSA) is 30.1 Å². The third-order valence-electron chi connectivity index (χ3n) is 14.0. The minimum absolute atomic E-state index is 0.0725. The quantitative estimate of drug-likeness (QED) is 0.175. The van der Waals surface area contributed by atoms with Crippen LogP contribution < -0.4 is 16.2 Å². The molecule has 3 nitrogen and oxygen atoms in total. The van der Waals surface area contributed by atoms with Gasteiger partial charge >= 0.3 is 0 Å². The van der Waals surface area contributed by atoms with Crippen molar-refractivity contribution in [2.24, 2.45) is 0 Å². The van der Waals surface area contributed by atoms with Gasteiger partial charge in [-0.25, -0.2) is 0 Å². The van der Waals surface area contributed by atoms with Gasteiger partial charge in [-0.05, 0) is 93.8 Å². The summed E-state index contributed by atoms with van der Waals surface area (Å²) in [5.74, 6) is 0. The van der Waals surface area contributed by atoms with Crippen molar-refractivity contribution < 1.29 is 4.42 Å². The van der Waals surface area contributed by atoms with Crippen LogP contribution in [0.1, 0.15) is 26.3 Å². The van der Waals surface area contributed by atoms with Crippen LogP contribution in [0.3, 0.4) is 0 Å². The molecule has 312 valence electrons. The molecule has 13 aromatic rings. The summed E-state index contributed by atoms with van der Waals surface area (Å²) in [4.78, 5) is 1.30. The summed E-state index contributed by atoms with van der Waals surface area (Å²) in [7, 11) is 0.800. The molecule has 0 saturated carbocycles. The molecule has 9 aromatic carbocycles. The number of benzene rings is 9. The average Bonchev–Trinajstić information content (AvgIpc) is 4.10. The highest BCUT2D eigenvalue weighted by Crippen LogP contribution is 2.48. The van der Waals surface area contributed by atoms with Gasteiger partial charge in [-0.2, -0.15) is 0 Å². The molecule has 0 saturated heterocycles. The van der Waals surface area contributed by atoms with E-state index in [-0.39, 0.29) is 5.41 Å². The summed E-state index contributed by atoms with van der Waals surface area (Å²) in [6.45, 7) is 6.82. The molecule has 0 unspecified atom stereocenters. The van der Waals surface area contributed by atoms with E-state index in [0.29, 0.717) is 0 Å². The molecule has 1 aliphatic rings. The Bertz CT molecular complexity index is 4130. The second-order valence-corrected chi connectivity index (χ2v) is 21.1. The molecule has 14 rings (SSSR count). The minimum atomic E-state index is 0.0725. The van der Waals surface area contributed by atoms with Crippen LogP contribution in [0.25, 0.3) is 112 Å². The van der Waals surface area contributed by atoms with Crippen LogP contribution in [0.15, 0.2) is 186 Å². The number of rotatable bonds is 5. The molecule has 66 heavy (non-hydrogen) atoms. The fourth-order valence-corrected chi connectivity index (χ4v) is 13.2. The lowest BCUT2D eigenvalue weighted by atomic mass is 9.59. The first kappa shape index (κ1) is 37.9.